The number of para-hydroxylation sites is 1. The molecule has 1 amide bonds. The number of nitrogens with zero attached hydrogens (tertiary/aromatic N) is 1. The van der Waals surface area contributed by atoms with E-state index >= 15 is 0 Å². The summed E-state index contributed by atoms with van der Waals surface area (Å²) in [5, 5.41) is 0. The molecule has 0 radical (unpaired) electrons. The first-order chi connectivity index (χ1) is 11.4. The van der Waals surface area contributed by atoms with E-state index in [0.29, 0.717) is 6.54 Å². The number of hydrogen-bond donors (Lipinski definition) is 0. The molecule has 1 aromatic rings. The number of carbonyl (C=O) groups is 2. The molecular formula is C18H18BrNO4. The van der Waals surface area contributed by atoms with Crippen molar-refractivity contribution in [2.45, 2.75) is 31.7 Å². The summed E-state index contributed by atoms with van der Waals surface area (Å²) in [5.41, 5.74) is 0.0697. The van der Waals surface area contributed by atoms with Gasteiger partial charge in [-0.25, -0.2) is 0 Å². The minimum atomic E-state index is -0.725. The summed E-state index contributed by atoms with van der Waals surface area (Å²) >= 11 is 3.50. The van der Waals surface area contributed by atoms with E-state index in [-0.39, 0.29) is 24.1 Å². The highest BCUT2D eigenvalue weighted by Crippen LogP contribution is 2.53. The van der Waals surface area contributed by atoms with E-state index in [4.69, 9.17) is 9.47 Å². The molecule has 3 aliphatic rings. The third-order valence-electron chi connectivity index (χ3n) is 4.87. The summed E-state index contributed by atoms with van der Waals surface area (Å²) in [7, 11) is 0. The number of rotatable bonds is 3. The van der Waals surface area contributed by atoms with E-state index in [0.717, 1.165) is 10.2 Å². The van der Waals surface area contributed by atoms with E-state index in [1.807, 2.05) is 36.4 Å². The van der Waals surface area contributed by atoms with Gasteiger partial charge in [0.1, 0.15) is 11.5 Å². The summed E-state index contributed by atoms with van der Waals surface area (Å²) in [5.74, 6) is -1.53. The Balaban J connectivity index is 1.69. The molecule has 2 bridgehead atoms. The Labute approximate surface area is 148 Å². The molecule has 1 spiro atoms. The van der Waals surface area contributed by atoms with Crippen LogP contribution in [0.3, 0.4) is 0 Å². The van der Waals surface area contributed by atoms with Crippen LogP contribution >= 0.6 is 15.9 Å². The van der Waals surface area contributed by atoms with Crippen molar-refractivity contribution in [3.8, 4) is 0 Å². The van der Waals surface area contributed by atoms with Crippen LogP contribution in [0.5, 0.6) is 0 Å². The Morgan fingerprint density at radius 1 is 1.42 bits per heavy atom. The Morgan fingerprint density at radius 3 is 2.88 bits per heavy atom. The standard InChI is InChI=1S/C18H18BrNO4/c1-10(2)23-17(22)14-13-7-8-18(24-13)9-20(16(21)15(14)18)12-6-4-3-5-11(12)19/h3-8,10,13-15H,9H2,1-2H3/t13-,14+,15-,18-/m1/s1. The largest absolute Gasteiger partial charge is 0.463 e. The lowest BCUT2D eigenvalue weighted by atomic mass is 9.77. The highest BCUT2D eigenvalue weighted by molar-refractivity contribution is 9.10. The predicted octanol–water partition coefficient (Wildman–Crippen LogP) is 2.69. The molecule has 24 heavy (non-hydrogen) atoms. The molecule has 6 heteroatoms. The number of ether oxygens (including phenoxy) is 2. The van der Waals surface area contributed by atoms with Gasteiger partial charge in [-0.1, -0.05) is 24.3 Å². The Kier molecular flexibility index (Phi) is 3.58. The maximum absolute atomic E-state index is 13.1. The van der Waals surface area contributed by atoms with Crippen LogP contribution in [0, 0.1) is 11.8 Å². The summed E-state index contributed by atoms with van der Waals surface area (Å²) in [6, 6.07) is 7.57. The lowest BCUT2D eigenvalue weighted by Gasteiger charge is -2.23. The third kappa shape index (κ3) is 2.16. The number of esters is 1. The van der Waals surface area contributed by atoms with E-state index in [9.17, 15) is 9.59 Å². The summed E-state index contributed by atoms with van der Waals surface area (Å²) in [4.78, 5) is 27.3. The minimum absolute atomic E-state index is 0.0838. The molecule has 3 heterocycles. The molecule has 5 nitrogen and oxygen atoms in total. The van der Waals surface area contributed by atoms with Crippen LogP contribution in [0.1, 0.15) is 13.8 Å². The minimum Gasteiger partial charge on any atom is -0.463 e. The highest BCUT2D eigenvalue weighted by atomic mass is 79.9. The Hall–Kier alpha value is -1.66. The molecule has 2 saturated heterocycles. The summed E-state index contributed by atoms with van der Waals surface area (Å²) < 4.78 is 12.3. The molecule has 1 aromatic carbocycles. The quantitative estimate of drug-likeness (QED) is 0.587. The fraction of sp³-hybridized carbons (Fsp3) is 0.444. The number of amides is 1. The van der Waals surface area contributed by atoms with Gasteiger partial charge in [0, 0.05) is 4.47 Å². The predicted molar refractivity (Wildman–Crippen MR) is 91.4 cm³/mol. The van der Waals surface area contributed by atoms with Crippen molar-refractivity contribution in [3.05, 3.63) is 40.9 Å². The maximum atomic E-state index is 13.1. The van der Waals surface area contributed by atoms with Gasteiger partial charge >= 0.3 is 5.97 Å². The number of hydrogen-bond acceptors (Lipinski definition) is 4. The first kappa shape index (κ1) is 15.8. The zero-order valence-electron chi connectivity index (χ0n) is 13.4. The third-order valence-corrected chi connectivity index (χ3v) is 5.54. The van der Waals surface area contributed by atoms with E-state index in [1.165, 1.54) is 0 Å². The molecule has 0 saturated carbocycles. The van der Waals surface area contributed by atoms with Gasteiger partial charge in [-0.3, -0.25) is 9.59 Å². The van der Waals surface area contributed by atoms with Gasteiger partial charge in [-0.2, -0.15) is 0 Å². The molecule has 4 atom stereocenters. The summed E-state index contributed by atoms with van der Waals surface area (Å²) in [6.07, 6.45) is 3.24. The molecular weight excluding hydrogens is 374 g/mol. The molecule has 0 unspecified atom stereocenters. The number of carbonyl (C=O) groups excluding carboxylic acids is 2. The topological polar surface area (TPSA) is 55.8 Å². The molecule has 4 rings (SSSR count). The first-order valence-electron chi connectivity index (χ1n) is 8.06. The van der Waals surface area contributed by atoms with Crippen molar-refractivity contribution in [1.29, 1.82) is 0 Å². The Morgan fingerprint density at radius 2 is 2.17 bits per heavy atom. The van der Waals surface area contributed by atoms with Crippen LogP contribution in [-0.2, 0) is 19.1 Å². The second kappa shape index (κ2) is 5.43. The number of benzene rings is 1. The second-order valence-corrected chi connectivity index (χ2v) is 7.62. The van der Waals surface area contributed by atoms with Crippen LogP contribution < -0.4 is 4.90 Å². The molecule has 0 aliphatic carbocycles. The van der Waals surface area contributed by atoms with Gasteiger partial charge in [0.25, 0.3) is 0 Å². The van der Waals surface area contributed by atoms with Crippen LogP contribution in [0.2, 0.25) is 0 Å². The van der Waals surface area contributed by atoms with Gasteiger partial charge in [0.2, 0.25) is 5.91 Å². The Bertz CT molecular complexity index is 746. The van der Waals surface area contributed by atoms with E-state index in [1.54, 1.807) is 18.7 Å². The zero-order chi connectivity index (χ0) is 17.1. The van der Waals surface area contributed by atoms with Gasteiger partial charge in [-0.15, -0.1) is 0 Å². The molecule has 0 aromatic heterocycles. The van der Waals surface area contributed by atoms with Gasteiger partial charge in [0.15, 0.2) is 0 Å². The number of fused-ring (bicyclic) bond motifs is 1. The van der Waals surface area contributed by atoms with Crippen molar-refractivity contribution < 1.29 is 19.1 Å². The fourth-order valence-electron chi connectivity index (χ4n) is 3.95. The molecule has 2 fully saturated rings. The maximum Gasteiger partial charge on any atom is 0.313 e. The van der Waals surface area contributed by atoms with Gasteiger partial charge in [0.05, 0.1) is 30.4 Å². The van der Waals surface area contributed by atoms with Crippen LogP contribution in [-0.4, -0.2) is 36.2 Å². The van der Waals surface area contributed by atoms with Crippen molar-refractivity contribution in [2.75, 3.05) is 11.4 Å². The van der Waals surface area contributed by atoms with Crippen LogP contribution in [0.25, 0.3) is 0 Å². The molecule has 126 valence electrons. The lowest BCUT2D eigenvalue weighted by Crippen LogP contribution is -2.40. The highest BCUT2D eigenvalue weighted by Gasteiger charge is 2.67. The summed E-state index contributed by atoms with van der Waals surface area (Å²) in [6.45, 7) is 4.03. The average molecular weight is 392 g/mol. The first-order valence-corrected chi connectivity index (χ1v) is 8.86. The van der Waals surface area contributed by atoms with Crippen LogP contribution in [0.15, 0.2) is 40.9 Å². The zero-order valence-corrected chi connectivity index (χ0v) is 15.0. The van der Waals surface area contributed by atoms with Crippen molar-refractivity contribution in [2.24, 2.45) is 11.8 Å². The average Bonchev–Trinajstić information content (AvgIpc) is 3.15. The van der Waals surface area contributed by atoms with E-state index < -0.39 is 17.4 Å². The number of anilines is 1. The van der Waals surface area contributed by atoms with Gasteiger partial charge < -0.3 is 14.4 Å². The SMILES string of the molecule is CC(C)OC(=O)[C@H]1[C@H]2C=C[C@]3(CN(c4ccccc4Br)C(=O)[C@@H]13)O2. The normalized spacial score (nSPS) is 33.4. The van der Waals surface area contributed by atoms with Gasteiger partial charge in [-0.05, 0) is 41.9 Å². The molecule has 3 aliphatic heterocycles. The van der Waals surface area contributed by atoms with E-state index in [2.05, 4.69) is 15.9 Å². The van der Waals surface area contributed by atoms with Crippen molar-refractivity contribution in [1.82, 2.24) is 0 Å². The molecule has 0 N–H and O–H groups in total. The monoisotopic (exact) mass is 391 g/mol. The smallest absolute Gasteiger partial charge is 0.313 e. The lowest BCUT2D eigenvalue weighted by molar-refractivity contribution is -0.156. The van der Waals surface area contributed by atoms with Crippen molar-refractivity contribution >= 4 is 33.5 Å². The number of halogens is 1. The van der Waals surface area contributed by atoms with Crippen molar-refractivity contribution in [3.63, 3.8) is 0 Å². The fourth-order valence-corrected chi connectivity index (χ4v) is 4.45. The van der Waals surface area contributed by atoms with Crippen LogP contribution in [0.4, 0.5) is 5.69 Å². The second-order valence-electron chi connectivity index (χ2n) is 6.76.